The summed E-state index contributed by atoms with van der Waals surface area (Å²) in [4.78, 5) is 11.3. The van der Waals surface area contributed by atoms with E-state index in [-0.39, 0.29) is 17.7 Å². The topological polar surface area (TPSA) is 26.3 Å². The van der Waals surface area contributed by atoms with Gasteiger partial charge in [-0.05, 0) is 24.6 Å². The van der Waals surface area contributed by atoms with E-state index >= 15 is 0 Å². The van der Waals surface area contributed by atoms with Gasteiger partial charge in [0.05, 0.1) is 6.61 Å². The third-order valence-electron chi connectivity index (χ3n) is 3.11. The normalized spacial score (nSPS) is 10.6. The molecular weight excluding hydrogens is 298 g/mol. The molecule has 0 amide bonds. The molecule has 0 aliphatic heterocycles. The first-order valence-corrected chi connectivity index (χ1v) is 7.18. The Hall–Kier alpha value is -2.75. The minimum atomic E-state index is -0.509. The SMILES string of the molecule is CCOC(=O)C=CC=C(c1ccccc1F)c1ccccc1F. The van der Waals surface area contributed by atoms with Crippen molar-refractivity contribution in [3.63, 3.8) is 0 Å². The lowest BCUT2D eigenvalue weighted by Crippen LogP contribution is -1.99. The number of allylic oxidation sites excluding steroid dienone is 2. The molecule has 0 bridgehead atoms. The van der Waals surface area contributed by atoms with Crippen LogP contribution in [-0.2, 0) is 9.53 Å². The summed E-state index contributed by atoms with van der Waals surface area (Å²) in [5, 5.41) is 0. The molecule has 4 heteroatoms. The first kappa shape index (κ1) is 16.6. The fourth-order valence-electron chi connectivity index (χ4n) is 2.10. The lowest BCUT2D eigenvalue weighted by Gasteiger charge is -2.10. The number of carbonyl (C=O) groups excluding carboxylic acids is 1. The second-order valence-electron chi connectivity index (χ2n) is 4.65. The van der Waals surface area contributed by atoms with Crippen LogP contribution in [0, 0.1) is 11.6 Å². The van der Waals surface area contributed by atoms with Crippen LogP contribution in [0.25, 0.3) is 5.57 Å². The molecule has 2 aromatic rings. The average molecular weight is 314 g/mol. The third kappa shape index (κ3) is 4.36. The molecule has 0 aromatic heterocycles. The Morgan fingerprint density at radius 2 is 1.52 bits per heavy atom. The minimum absolute atomic E-state index is 0.256. The maximum atomic E-state index is 14.1. The van der Waals surface area contributed by atoms with E-state index in [0.29, 0.717) is 5.57 Å². The van der Waals surface area contributed by atoms with E-state index in [1.54, 1.807) is 43.3 Å². The fourth-order valence-corrected chi connectivity index (χ4v) is 2.10. The molecule has 0 saturated carbocycles. The van der Waals surface area contributed by atoms with E-state index in [9.17, 15) is 13.6 Å². The molecule has 0 spiro atoms. The van der Waals surface area contributed by atoms with Crippen molar-refractivity contribution >= 4 is 11.5 Å². The second kappa shape index (κ2) is 8.03. The molecule has 0 saturated heterocycles. The van der Waals surface area contributed by atoms with Gasteiger partial charge in [-0.2, -0.15) is 0 Å². The summed E-state index contributed by atoms with van der Waals surface area (Å²) in [6.45, 7) is 1.96. The minimum Gasteiger partial charge on any atom is -0.463 e. The highest BCUT2D eigenvalue weighted by atomic mass is 19.1. The summed E-state index contributed by atoms with van der Waals surface area (Å²) in [5.74, 6) is -1.44. The van der Waals surface area contributed by atoms with Crippen LogP contribution in [0.15, 0.2) is 66.8 Å². The van der Waals surface area contributed by atoms with Crippen LogP contribution in [0.1, 0.15) is 18.1 Å². The zero-order chi connectivity index (χ0) is 16.7. The molecule has 118 valence electrons. The second-order valence-corrected chi connectivity index (χ2v) is 4.65. The number of ether oxygens (including phenoxy) is 1. The molecule has 0 radical (unpaired) electrons. The smallest absolute Gasteiger partial charge is 0.330 e. The van der Waals surface area contributed by atoms with E-state index < -0.39 is 17.6 Å². The van der Waals surface area contributed by atoms with Crippen molar-refractivity contribution in [2.45, 2.75) is 6.92 Å². The van der Waals surface area contributed by atoms with Gasteiger partial charge in [-0.3, -0.25) is 0 Å². The molecule has 0 aliphatic carbocycles. The Kier molecular flexibility index (Phi) is 5.80. The van der Waals surface area contributed by atoms with Crippen molar-refractivity contribution in [2.75, 3.05) is 6.61 Å². The van der Waals surface area contributed by atoms with Crippen LogP contribution in [0.3, 0.4) is 0 Å². The summed E-state index contributed by atoms with van der Waals surface area (Å²) >= 11 is 0. The van der Waals surface area contributed by atoms with Gasteiger partial charge in [0.15, 0.2) is 0 Å². The fraction of sp³-hybridized carbons (Fsp3) is 0.105. The molecule has 23 heavy (non-hydrogen) atoms. The summed E-state index contributed by atoms with van der Waals surface area (Å²) in [6.07, 6.45) is 4.13. The number of rotatable bonds is 5. The lowest BCUT2D eigenvalue weighted by molar-refractivity contribution is -0.137. The first-order valence-electron chi connectivity index (χ1n) is 7.18. The van der Waals surface area contributed by atoms with E-state index in [2.05, 4.69) is 0 Å². The van der Waals surface area contributed by atoms with Gasteiger partial charge < -0.3 is 4.74 Å². The van der Waals surface area contributed by atoms with Crippen LogP contribution in [0.4, 0.5) is 8.78 Å². The van der Waals surface area contributed by atoms with Gasteiger partial charge in [0, 0.05) is 17.2 Å². The van der Waals surface area contributed by atoms with E-state index in [1.807, 2.05) is 0 Å². The van der Waals surface area contributed by atoms with Crippen LogP contribution >= 0.6 is 0 Å². The largest absolute Gasteiger partial charge is 0.463 e. The maximum absolute atomic E-state index is 14.1. The van der Waals surface area contributed by atoms with Gasteiger partial charge in [-0.1, -0.05) is 48.6 Å². The van der Waals surface area contributed by atoms with Crippen LogP contribution in [-0.4, -0.2) is 12.6 Å². The standard InChI is InChI=1S/C19H16F2O2/c1-2-23-19(22)13-7-10-14(15-8-3-5-11-17(15)20)16-9-4-6-12-18(16)21/h3-13H,2H2,1H3. The van der Waals surface area contributed by atoms with Crippen LogP contribution in [0.2, 0.25) is 0 Å². The molecule has 0 aliphatic rings. The van der Waals surface area contributed by atoms with Crippen molar-refractivity contribution in [3.8, 4) is 0 Å². The summed E-state index contributed by atoms with van der Waals surface area (Å²) < 4.78 is 32.9. The van der Waals surface area contributed by atoms with E-state index in [1.165, 1.54) is 30.4 Å². The number of esters is 1. The Labute approximate surface area is 133 Å². The zero-order valence-electron chi connectivity index (χ0n) is 12.6. The number of benzene rings is 2. The Bertz CT molecular complexity index is 701. The lowest BCUT2D eigenvalue weighted by atomic mass is 9.96. The molecule has 0 unspecified atom stereocenters. The highest BCUT2D eigenvalue weighted by molar-refractivity contribution is 5.85. The number of hydrogen-bond donors (Lipinski definition) is 0. The van der Waals surface area contributed by atoms with Crippen molar-refractivity contribution in [3.05, 3.63) is 89.5 Å². The number of hydrogen-bond acceptors (Lipinski definition) is 2. The molecule has 2 nitrogen and oxygen atoms in total. The maximum Gasteiger partial charge on any atom is 0.330 e. The van der Waals surface area contributed by atoms with Crippen molar-refractivity contribution < 1.29 is 18.3 Å². The van der Waals surface area contributed by atoms with E-state index in [4.69, 9.17) is 4.74 Å². The highest BCUT2D eigenvalue weighted by Gasteiger charge is 2.12. The van der Waals surface area contributed by atoms with Gasteiger partial charge in [0.2, 0.25) is 0 Å². The van der Waals surface area contributed by atoms with Gasteiger partial charge in [0.25, 0.3) is 0 Å². The molecule has 0 atom stereocenters. The molecule has 2 aromatic carbocycles. The van der Waals surface area contributed by atoms with Crippen LogP contribution < -0.4 is 0 Å². The Morgan fingerprint density at radius 1 is 1.00 bits per heavy atom. The molecule has 0 fully saturated rings. The highest BCUT2D eigenvalue weighted by Crippen LogP contribution is 2.27. The first-order chi connectivity index (χ1) is 11.1. The monoisotopic (exact) mass is 314 g/mol. The zero-order valence-corrected chi connectivity index (χ0v) is 12.6. The predicted octanol–water partition coefficient (Wildman–Crippen LogP) is 4.52. The quantitative estimate of drug-likeness (QED) is 0.461. The Morgan fingerprint density at radius 3 is 2.00 bits per heavy atom. The molecule has 2 rings (SSSR count). The predicted molar refractivity (Wildman–Crippen MR) is 85.7 cm³/mol. The number of carbonyl (C=O) groups is 1. The number of halogens is 2. The van der Waals surface area contributed by atoms with Crippen molar-refractivity contribution in [1.29, 1.82) is 0 Å². The third-order valence-corrected chi connectivity index (χ3v) is 3.11. The molecule has 0 N–H and O–H groups in total. The van der Waals surface area contributed by atoms with Gasteiger partial charge in [-0.15, -0.1) is 0 Å². The van der Waals surface area contributed by atoms with Crippen LogP contribution in [0.5, 0.6) is 0 Å². The Balaban J connectivity index is 2.47. The molecule has 0 heterocycles. The summed E-state index contributed by atoms with van der Waals surface area (Å²) in [7, 11) is 0. The molecular formula is C19H16F2O2. The average Bonchev–Trinajstić information content (AvgIpc) is 2.54. The van der Waals surface area contributed by atoms with Gasteiger partial charge in [-0.25, -0.2) is 13.6 Å². The van der Waals surface area contributed by atoms with Gasteiger partial charge in [0.1, 0.15) is 11.6 Å². The van der Waals surface area contributed by atoms with Crippen molar-refractivity contribution in [2.24, 2.45) is 0 Å². The summed E-state index contributed by atoms with van der Waals surface area (Å²) in [5.41, 5.74) is 0.860. The van der Waals surface area contributed by atoms with Crippen molar-refractivity contribution in [1.82, 2.24) is 0 Å². The summed E-state index contributed by atoms with van der Waals surface area (Å²) in [6, 6.07) is 12.2. The van der Waals surface area contributed by atoms with E-state index in [0.717, 1.165) is 0 Å². The van der Waals surface area contributed by atoms with Gasteiger partial charge >= 0.3 is 5.97 Å².